The van der Waals surface area contributed by atoms with E-state index in [0.717, 1.165) is 12.0 Å². The summed E-state index contributed by atoms with van der Waals surface area (Å²) < 4.78 is 0. The van der Waals surface area contributed by atoms with E-state index < -0.39 is 0 Å². The lowest BCUT2D eigenvalue weighted by atomic mass is 10.1. The Morgan fingerprint density at radius 2 is 2.16 bits per heavy atom. The van der Waals surface area contributed by atoms with Gasteiger partial charge in [-0.3, -0.25) is 9.89 Å². The van der Waals surface area contributed by atoms with Gasteiger partial charge in [-0.25, -0.2) is 0 Å². The van der Waals surface area contributed by atoms with Crippen LogP contribution in [-0.4, -0.2) is 22.6 Å². The normalized spacial score (nSPS) is 10.5. The summed E-state index contributed by atoms with van der Waals surface area (Å²) in [6.45, 7) is 2.63. The smallest absolute Gasteiger partial charge is 0.269 e. The molecule has 0 aliphatic carbocycles. The molecule has 100 valence electrons. The van der Waals surface area contributed by atoms with Gasteiger partial charge in [0.1, 0.15) is 5.69 Å². The number of carbonyl (C=O) groups excluding carboxylic acids is 1. The van der Waals surface area contributed by atoms with Gasteiger partial charge in [-0.05, 0) is 30.7 Å². The van der Waals surface area contributed by atoms with Crippen LogP contribution >= 0.6 is 23.2 Å². The molecule has 19 heavy (non-hydrogen) atoms. The fourth-order valence-corrected chi connectivity index (χ4v) is 2.11. The Kier molecular flexibility index (Phi) is 4.45. The highest BCUT2D eigenvalue weighted by molar-refractivity contribution is 6.36. The van der Waals surface area contributed by atoms with Crippen molar-refractivity contribution in [3.8, 4) is 11.3 Å². The molecule has 0 saturated carbocycles. The van der Waals surface area contributed by atoms with Crippen LogP contribution in [0.25, 0.3) is 11.3 Å². The molecule has 2 rings (SSSR count). The number of hydrogen-bond donors (Lipinski definition) is 2. The Morgan fingerprint density at radius 1 is 1.37 bits per heavy atom. The molecule has 0 atom stereocenters. The second-order valence-corrected chi connectivity index (χ2v) is 4.89. The van der Waals surface area contributed by atoms with E-state index in [1.165, 1.54) is 0 Å². The third-order valence-corrected chi connectivity index (χ3v) is 3.11. The molecular weight excluding hydrogens is 285 g/mol. The zero-order chi connectivity index (χ0) is 13.8. The quantitative estimate of drug-likeness (QED) is 0.907. The van der Waals surface area contributed by atoms with Crippen molar-refractivity contribution >= 4 is 29.1 Å². The molecule has 2 N–H and O–H groups in total. The van der Waals surface area contributed by atoms with Gasteiger partial charge in [0.15, 0.2) is 0 Å². The van der Waals surface area contributed by atoms with Crippen LogP contribution in [0.4, 0.5) is 0 Å². The van der Waals surface area contributed by atoms with Crippen LogP contribution in [-0.2, 0) is 0 Å². The van der Waals surface area contributed by atoms with Crippen molar-refractivity contribution in [1.29, 1.82) is 0 Å². The molecule has 0 fully saturated rings. The molecule has 0 aliphatic heterocycles. The number of aromatic nitrogens is 2. The summed E-state index contributed by atoms with van der Waals surface area (Å²) in [7, 11) is 0. The van der Waals surface area contributed by atoms with E-state index in [-0.39, 0.29) is 5.91 Å². The van der Waals surface area contributed by atoms with E-state index in [1.807, 2.05) is 6.92 Å². The lowest BCUT2D eigenvalue weighted by molar-refractivity contribution is 0.0948. The summed E-state index contributed by atoms with van der Waals surface area (Å²) in [4.78, 5) is 11.8. The third-order valence-electron chi connectivity index (χ3n) is 2.57. The Labute approximate surface area is 121 Å². The maximum atomic E-state index is 11.8. The second-order valence-electron chi connectivity index (χ2n) is 4.05. The second kappa shape index (κ2) is 6.08. The summed E-state index contributed by atoms with van der Waals surface area (Å²) >= 11 is 11.9. The molecule has 0 bridgehead atoms. The molecule has 0 radical (unpaired) electrons. The number of aromatic amines is 1. The average Bonchev–Trinajstić information content (AvgIpc) is 2.85. The minimum absolute atomic E-state index is 0.175. The van der Waals surface area contributed by atoms with E-state index in [9.17, 15) is 4.79 Å². The number of rotatable bonds is 4. The van der Waals surface area contributed by atoms with Crippen molar-refractivity contribution in [2.75, 3.05) is 6.54 Å². The SMILES string of the molecule is CCCNC(=O)c1cc(-c2ccc(Cl)cc2Cl)n[nH]1. The van der Waals surface area contributed by atoms with Gasteiger partial charge in [-0.15, -0.1) is 0 Å². The number of nitrogens with one attached hydrogen (secondary N) is 2. The first-order chi connectivity index (χ1) is 9.11. The maximum Gasteiger partial charge on any atom is 0.269 e. The molecule has 1 aromatic carbocycles. The van der Waals surface area contributed by atoms with Crippen molar-refractivity contribution in [3.05, 3.63) is 40.0 Å². The first kappa shape index (κ1) is 13.9. The molecule has 0 aliphatic rings. The van der Waals surface area contributed by atoms with Gasteiger partial charge in [-0.1, -0.05) is 30.1 Å². The lowest BCUT2D eigenvalue weighted by Gasteiger charge is -2.00. The summed E-state index contributed by atoms with van der Waals surface area (Å²) in [6, 6.07) is 6.81. The van der Waals surface area contributed by atoms with Gasteiger partial charge in [-0.2, -0.15) is 5.10 Å². The molecule has 0 unspecified atom stereocenters. The lowest BCUT2D eigenvalue weighted by Crippen LogP contribution is -2.24. The van der Waals surface area contributed by atoms with Crippen molar-refractivity contribution in [3.63, 3.8) is 0 Å². The van der Waals surface area contributed by atoms with Gasteiger partial charge >= 0.3 is 0 Å². The molecule has 1 amide bonds. The van der Waals surface area contributed by atoms with Gasteiger partial charge < -0.3 is 5.32 Å². The van der Waals surface area contributed by atoms with Crippen LogP contribution in [0.5, 0.6) is 0 Å². The Bertz CT molecular complexity index is 595. The van der Waals surface area contributed by atoms with Crippen LogP contribution in [0.2, 0.25) is 10.0 Å². The van der Waals surface area contributed by atoms with Crippen molar-refractivity contribution in [2.24, 2.45) is 0 Å². The molecule has 2 aromatic rings. The standard InChI is InChI=1S/C13H13Cl2N3O/c1-2-5-16-13(19)12-7-11(17-18-12)9-4-3-8(14)6-10(9)15/h3-4,6-7H,2,5H2,1H3,(H,16,19)(H,17,18). The Morgan fingerprint density at radius 3 is 2.84 bits per heavy atom. The monoisotopic (exact) mass is 297 g/mol. The molecule has 6 heteroatoms. The van der Waals surface area contributed by atoms with Crippen LogP contribution in [0.1, 0.15) is 23.8 Å². The number of benzene rings is 1. The van der Waals surface area contributed by atoms with Crippen LogP contribution in [0, 0.1) is 0 Å². The number of halogens is 2. The van der Waals surface area contributed by atoms with Gasteiger partial charge in [0.05, 0.1) is 10.7 Å². The maximum absolute atomic E-state index is 11.8. The third kappa shape index (κ3) is 3.28. The van der Waals surface area contributed by atoms with E-state index in [2.05, 4.69) is 15.5 Å². The summed E-state index contributed by atoms with van der Waals surface area (Å²) in [5.74, 6) is -0.175. The zero-order valence-electron chi connectivity index (χ0n) is 10.3. The first-order valence-corrected chi connectivity index (χ1v) is 6.66. The molecule has 1 aromatic heterocycles. The highest BCUT2D eigenvalue weighted by atomic mass is 35.5. The van der Waals surface area contributed by atoms with E-state index in [4.69, 9.17) is 23.2 Å². The predicted molar refractivity (Wildman–Crippen MR) is 76.7 cm³/mol. The minimum atomic E-state index is -0.175. The summed E-state index contributed by atoms with van der Waals surface area (Å²) in [6.07, 6.45) is 0.885. The molecule has 1 heterocycles. The minimum Gasteiger partial charge on any atom is -0.351 e. The predicted octanol–water partition coefficient (Wildman–Crippen LogP) is 3.52. The number of carbonyl (C=O) groups is 1. The van der Waals surface area contributed by atoms with Gasteiger partial charge in [0.2, 0.25) is 0 Å². The number of hydrogen-bond acceptors (Lipinski definition) is 2. The highest BCUT2D eigenvalue weighted by Gasteiger charge is 2.12. The summed E-state index contributed by atoms with van der Waals surface area (Å²) in [5, 5.41) is 10.6. The van der Waals surface area contributed by atoms with E-state index in [0.29, 0.717) is 28.0 Å². The largest absolute Gasteiger partial charge is 0.351 e. The first-order valence-electron chi connectivity index (χ1n) is 5.91. The number of amides is 1. The van der Waals surface area contributed by atoms with Crippen LogP contribution in [0.15, 0.2) is 24.3 Å². The molecule has 4 nitrogen and oxygen atoms in total. The molecule has 0 spiro atoms. The zero-order valence-corrected chi connectivity index (χ0v) is 11.8. The van der Waals surface area contributed by atoms with E-state index in [1.54, 1.807) is 24.3 Å². The highest BCUT2D eigenvalue weighted by Crippen LogP contribution is 2.29. The number of nitrogens with zero attached hydrogens (tertiary/aromatic N) is 1. The average molecular weight is 298 g/mol. The fraction of sp³-hybridized carbons (Fsp3) is 0.231. The Balaban J connectivity index is 2.23. The topological polar surface area (TPSA) is 57.8 Å². The summed E-state index contributed by atoms with van der Waals surface area (Å²) in [5.41, 5.74) is 1.76. The van der Waals surface area contributed by atoms with Crippen LogP contribution in [0.3, 0.4) is 0 Å². The van der Waals surface area contributed by atoms with Crippen molar-refractivity contribution in [2.45, 2.75) is 13.3 Å². The Hall–Kier alpha value is -1.52. The van der Waals surface area contributed by atoms with Crippen molar-refractivity contribution in [1.82, 2.24) is 15.5 Å². The van der Waals surface area contributed by atoms with E-state index >= 15 is 0 Å². The molecular formula is C13H13Cl2N3O. The van der Waals surface area contributed by atoms with Crippen molar-refractivity contribution < 1.29 is 4.79 Å². The van der Waals surface area contributed by atoms with Crippen LogP contribution < -0.4 is 5.32 Å². The molecule has 0 saturated heterocycles. The fourth-order valence-electron chi connectivity index (χ4n) is 1.61. The van der Waals surface area contributed by atoms with Gasteiger partial charge in [0, 0.05) is 17.1 Å². The number of H-pyrrole nitrogens is 1. The van der Waals surface area contributed by atoms with Gasteiger partial charge in [0.25, 0.3) is 5.91 Å².